The molecule has 2 N–H and O–H groups in total. The molecular weight excluding hydrogens is 276 g/mol. The molecule has 21 heavy (non-hydrogen) atoms. The maximum absolute atomic E-state index is 11.6. The number of hydrogen-bond donors (Lipinski definition) is 2. The second-order valence-corrected chi connectivity index (χ2v) is 6.31. The number of rotatable bonds is 4. The second-order valence-electron chi connectivity index (χ2n) is 6.31. The molecular formula is C13H20N4O4. The number of amides is 1. The molecule has 1 saturated carbocycles. The first-order valence-corrected chi connectivity index (χ1v) is 6.86. The Morgan fingerprint density at radius 1 is 1.48 bits per heavy atom. The maximum Gasteiger partial charge on any atom is 0.407 e. The van der Waals surface area contributed by atoms with E-state index >= 15 is 0 Å². The van der Waals surface area contributed by atoms with Crippen LogP contribution >= 0.6 is 0 Å². The summed E-state index contributed by atoms with van der Waals surface area (Å²) < 4.78 is 6.71. The minimum absolute atomic E-state index is 0.0576. The summed E-state index contributed by atoms with van der Waals surface area (Å²) in [5.74, 6) is -0.729. The van der Waals surface area contributed by atoms with Crippen LogP contribution in [0.1, 0.15) is 44.1 Å². The molecule has 0 spiro atoms. The van der Waals surface area contributed by atoms with Crippen LogP contribution in [0.25, 0.3) is 0 Å². The van der Waals surface area contributed by atoms with Crippen molar-refractivity contribution in [1.29, 1.82) is 0 Å². The number of carbonyl (C=O) groups is 2. The predicted molar refractivity (Wildman–Crippen MR) is 72.9 cm³/mol. The number of hydrogen-bond acceptors (Lipinski definition) is 5. The largest absolute Gasteiger partial charge is 0.476 e. The van der Waals surface area contributed by atoms with Crippen LogP contribution in [0.4, 0.5) is 4.79 Å². The average Bonchev–Trinajstić information content (AvgIpc) is 2.72. The predicted octanol–water partition coefficient (Wildman–Crippen LogP) is 1.28. The molecule has 2 rings (SSSR count). The number of carbonyl (C=O) groups excluding carboxylic acids is 1. The van der Waals surface area contributed by atoms with E-state index in [1.54, 1.807) is 0 Å². The molecule has 0 saturated heterocycles. The van der Waals surface area contributed by atoms with Crippen molar-refractivity contribution in [2.24, 2.45) is 5.92 Å². The number of aromatic nitrogens is 3. The number of aromatic carboxylic acids is 1. The van der Waals surface area contributed by atoms with E-state index < -0.39 is 17.7 Å². The molecule has 1 aromatic rings. The van der Waals surface area contributed by atoms with Crippen LogP contribution in [0.5, 0.6) is 0 Å². The molecule has 0 atom stereocenters. The number of nitrogens with one attached hydrogen (secondary N) is 1. The lowest BCUT2D eigenvalue weighted by Crippen LogP contribution is -2.47. The van der Waals surface area contributed by atoms with E-state index in [0.717, 1.165) is 12.8 Å². The number of carboxylic acid groups (broad SMARTS) is 1. The lowest BCUT2D eigenvalue weighted by molar-refractivity contribution is 0.0444. The second kappa shape index (κ2) is 5.71. The molecule has 1 fully saturated rings. The van der Waals surface area contributed by atoms with Gasteiger partial charge in [0.2, 0.25) is 0 Å². The van der Waals surface area contributed by atoms with Crippen LogP contribution < -0.4 is 5.32 Å². The minimum Gasteiger partial charge on any atom is -0.476 e. The van der Waals surface area contributed by atoms with Crippen molar-refractivity contribution in [3.63, 3.8) is 0 Å². The van der Waals surface area contributed by atoms with Gasteiger partial charge in [-0.1, -0.05) is 5.21 Å². The Hall–Kier alpha value is -2.12. The maximum atomic E-state index is 11.6. The average molecular weight is 296 g/mol. The van der Waals surface area contributed by atoms with Crippen molar-refractivity contribution in [3.8, 4) is 0 Å². The molecule has 8 heteroatoms. The van der Waals surface area contributed by atoms with Gasteiger partial charge in [-0.3, -0.25) is 4.68 Å². The minimum atomic E-state index is -1.08. The first-order chi connectivity index (χ1) is 9.73. The van der Waals surface area contributed by atoms with Gasteiger partial charge in [-0.25, -0.2) is 9.59 Å². The van der Waals surface area contributed by atoms with Crippen molar-refractivity contribution in [2.45, 2.75) is 51.8 Å². The Labute approximate surface area is 122 Å². The molecule has 1 aliphatic carbocycles. The topological polar surface area (TPSA) is 106 Å². The van der Waals surface area contributed by atoms with E-state index in [2.05, 4.69) is 15.6 Å². The first kappa shape index (κ1) is 15.3. The fourth-order valence-electron chi connectivity index (χ4n) is 2.23. The van der Waals surface area contributed by atoms with Crippen molar-refractivity contribution in [2.75, 3.05) is 0 Å². The Kier molecular flexibility index (Phi) is 4.15. The Balaban J connectivity index is 1.71. The SMILES string of the molecule is CC(C)(C)OC(=O)NC1CC(Cn2cc(C(=O)O)nn2)C1. The molecule has 1 heterocycles. The van der Waals surface area contributed by atoms with Gasteiger partial charge >= 0.3 is 12.1 Å². The summed E-state index contributed by atoms with van der Waals surface area (Å²) in [6, 6.07) is 0.104. The third kappa shape index (κ3) is 4.44. The molecule has 1 amide bonds. The lowest BCUT2D eigenvalue weighted by Gasteiger charge is -2.35. The third-order valence-electron chi connectivity index (χ3n) is 3.16. The zero-order valence-corrected chi connectivity index (χ0v) is 12.4. The first-order valence-electron chi connectivity index (χ1n) is 6.86. The van der Waals surface area contributed by atoms with Crippen molar-refractivity contribution in [1.82, 2.24) is 20.3 Å². The molecule has 0 aromatic carbocycles. The van der Waals surface area contributed by atoms with Crippen molar-refractivity contribution >= 4 is 12.1 Å². The highest BCUT2D eigenvalue weighted by atomic mass is 16.6. The van der Waals surface area contributed by atoms with Gasteiger partial charge < -0.3 is 15.2 Å². The van der Waals surface area contributed by atoms with E-state index in [9.17, 15) is 9.59 Å². The summed E-state index contributed by atoms with van der Waals surface area (Å²) in [7, 11) is 0. The molecule has 8 nitrogen and oxygen atoms in total. The molecule has 0 unspecified atom stereocenters. The van der Waals surface area contributed by atoms with Gasteiger partial charge in [0.05, 0.1) is 6.20 Å². The fraction of sp³-hybridized carbons (Fsp3) is 0.692. The fourth-order valence-corrected chi connectivity index (χ4v) is 2.23. The highest BCUT2D eigenvalue weighted by molar-refractivity contribution is 5.84. The summed E-state index contributed by atoms with van der Waals surface area (Å²) in [5.41, 5.74) is -0.556. The van der Waals surface area contributed by atoms with Gasteiger partial charge in [-0.15, -0.1) is 5.10 Å². The number of nitrogens with zero attached hydrogens (tertiary/aromatic N) is 3. The van der Waals surface area contributed by atoms with Crippen molar-refractivity contribution < 1.29 is 19.4 Å². The number of carboxylic acids is 1. The number of ether oxygens (including phenoxy) is 1. The van der Waals surface area contributed by atoms with E-state index in [1.165, 1.54) is 10.9 Å². The Bertz CT molecular complexity index is 529. The standard InChI is InChI=1S/C13H20N4O4/c1-13(2,3)21-12(20)14-9-4-8(5-9)6-17-7-10(11(18)19)15-16-17/h7-9H,4-6H2,1-3H3,(H,14,20)(H,18,19). The molecule has 0 aliphatic heterocycles. The molecule has 0 radical (unpaired) electrons. The zero-order chi connectivity index (χ0) is 15.6. The van der Waals surface area contributed by atoms with Crippen LogP contribution in [-0.2, 0) is 11.3 Å². The highest BCUT2D eigenvalue weighted by Gasteiger charge is 2.32. The van der Waals surface area contributed by atoms with Crippen LogP contribution in [-0.4, -0.2) is 43.8 Å². The van der Waals surface area contributed by atoms with Crippen LogP contribution in [0, 0.1) is 5.92 Å². The van der Waals surface area contributed by atoms with Gasteiger partial charge in [-0.05, 0) is 39.5 Å². The summed E-state index contributed by atoms with van der Waals surface area (Å²) in [4.78, 5) is 22.3. The molecule has 1 aliphatic rings. The van der Waals surface area contributed by atoms with Gasteiger partial charge in [-0.2, -0.15) is 0 Å². The summed E-state index contributed by atoms with van der Waals surface area (Å²) in [5, 5.41) is 18.9. The van der Waals surface area contributed by atoms with Gasteiger partial charge in [0.1, 0.15) is 5.60 Å². The quantitative estimate of drug-likeness (QED) is 0.866. The molecule has 116 valence electrons. The summed E-state index contributed by atoms with van der Waals surface area (Å²) in [6.45, 7) is 6.06. The van der Waals surface area contributed by atoms with Gasteiger partial charge in [0.25, 0.3) is 0 Å². The Morgan fingerprint density at radius 2 is 2.14 bits per heavy atom. The van der Waals surface area contributed by atoms with E-state index in [1.807, 2.05) is 20.8 Å². The van der Waals surface area contributed by atoms with Gasteiger partial charge in [0, 0.05) is 12.6 Å². The molecule has 1 aromatic heterocycles. The highest BCUT2D eigenvalue weighted by Crippen LogP contribution is 2.29. The van der Waals surface area contributed by atoms with E-state index in [0.29, 0.717) is 12.5 Å². The van der Waals surface area contributed by atoms with Crippen LogP contribution in [0.3, 0.4) is 0 Å². The molecule has 0 bridgehead atoms. The monoisotopic (exact) mass is 296 g/mol. The summed E-state index contributed by atoms with van der Waals surface area (Å²) in [6.07, 6.45) is 2.65. The van der Waals surface area contributed by atoms with Crippen LogP contribution in [0.15, 0.2) is 6.20 Å². The Morgan fingerprint density at radius 3 is 2.67 bits per heavy atom. The normalized spacial score (nSPS) is 21.5. The number of alkyl carbamates (subject to hydrolysis) is 1. The summed E-state index contributed by atoms with van der Waals surface area (Å²) >= 11 is 0. The van der Waals surface area contributed by atoms with E-state index in [-0.39, 0.29) is 11.7 Å². The smallest absolute Gasteiger partial charge is 0.407 e. The third-order valence-corrected chi connectivity index (χ3v) is 3.16. The van der Waals surface area contributed by atoms with Crippen LogP contribution in [0.2, 0.25) is 0 Å². The zero-order valence-electron chi connectivity index (χ0n) is 12.4. The van der Waals surface area contributed by atoms with Crippen molar-refractivity contribution in [3.05, 3.63) is 11.9 Å². The lowest BCUT2D eigenvalue weighted by atomic mass is 9.80. The van der Waals surface area contributed by atoms with E-state index in [4.69, 9.17) is 9.84 Å². The van der Waals surface area contributed by atoms with Gasteiger partial charge in [0.15, 0.2) is 5.69 Å².